The summed E-state index contributed by atoms with van der Waals surface area (Å²) >= 11 is 0. The molecule has 0 spiro atoms. The van der Waals surface area contributed by atoms with Crippen LogP contribution < -0.4 is 0 Å². The van der Waals surface area contributed by atoms with Crippen LogP contribution in [-0.4, -0.2) is 61.0 Å². The van der Waals surface area contributed by atoms with E-state index in [1.165, 1.54) is 7.05 Å². The Kier molecular flexibility index (Phi) is 5.86. The maximum absolute atomic E-state index is 12.1. The molecule has 7 nitrogen and oxygen atoms in total. The smallest absolute Gasteiger partial charge is 0.323 e. The largest absolute Gasteiger partial charge is 0.480 e. The van der Waals surface area contributed by atoms with Gasteiger partial charge in [0, 0.05) is 13.6 Å². The molecule has 1 aromatic carbocycles. The second kappa shape index (κ2) is 7.19. The van der Waals surface area contributed by atoms with Gasteiger partial charge in [0.1, 0.15) is 6.54 Å². The second-order valence-corrected chi connectivity index (χ2v) is 6.74. The van der Waals surface area contributed by atoms with Gasteiger partial charge in [-0.05, 0) is 5.56 Å². The van der Waals surface area contributed by atoms with Crippen LogP contribution in [-0.2, 0) is 26.2 Å². The zero-order valence-electron chi connectivity index (χ0n) is 11.9. The third kappa shape index (κ3) is 5.92. The van der Waals surface area contributed by atoms with Gasteiger partial charge >= 0.3 is 5.97 Å². The van der Waals surface area contributed by atoms with Crippen LogP contribution in [0.5, 0.6) is 0 Å². The number of hydrogen-bond donors (Lipinski definition) is 1. The number of carboxylic acids is 1. The van der Waals surface area contributed by atoms with Crippen LogP contribution >= 0.6 is 0 Å². The summed E-state index contributed by atoms with van der Waals surface area (Å²) in [7, 11) is -2.22. The van der Waals surface area contributed by atoms with Gasteiger partial charge in [-0.2, -0.15) is 4.31 Å². The molecule has 0 aromatic heterocycles. The van der Waals surface area contributed by atoms with Gasteiger partial charge in [0.05, 0.1) is 12.8 Å². The van der Waals surface area contributed by atoms with E-state index in [0.717, 1.165) is 21.0 Å². The number of aliphatic carboxylic acids is 1. The Morgan fingerprint density at radius 2 is 1.71 bits per heavy atom. The van der Waals surface area contributed by atoms with Gasteiger partial charge in [-0.25, -0.2) is 8.42 Å². The molecule has 0 aliphatic heterocycles. The summed E-state index contributed by atoms with van der Waals surface area (Å²) in [4.78, 5) is 24.1. The monoisotopic (exact) mass is 314 g/mol. The molecule has 0 saturated carbocycles. The van der Waals surface area contributed by atoms with Crippen molar-refractivity contribution < 1.29 is 23.1 Å². The van der Waals surface area contributed by atoms with Gasteiger partial charge in [0.2, 0.25) is 15.9 Å². The average Bonchev–Trinajstić information content (AvgIpc) is 2.37. The van der Waals surface area contributed by atoms with Crippen LogP contribution in [0.15, 0.2) is 30.3 Å². The van der Waals surface area contributed by atoms with E-state index in [-0.39, 0.29) is 13.1 Å². The molecular formula is C13H18N2O5S. The number of sulfonamides is 1. The van der Waals surface area contributed by atoms with E-state index in [1.807, 2.05) is 6.07 Å². The number of carbonyl (C=O) groups excluding carboxylic acids is 1. The van der Waals surface area contributed by atoms with Crippen molar-refractivity contribution in [2.45, 2.75) is 6.54 Å². The fourth-order valence-corrected chi connectivity index (χ4v) is 1.95. The predicted octanol–water partition coefficient (Wildman–Crippen LogP) is -0.00880. The molecule has 0 saturated heterocycles. The van der Waals surface area contributed by atoms with Crippen LogP contribution in [0, 0.1) is 0 Å². The number of likely N-dealkylation sites (N-methyl/N-ethyl adjacent to an activating group) is 1. The number of carboxylic acid groups (broad SMARTS) is 1. The number of hydrogen-bond acceptors (Lipinski definition) is 4. The van der Waals surface area contributed by atoms with Crippen molar-refractivity contribution in [2.75, 3.05) is 26.4 Å². The van der Waals surface area contributed by atoms with Gasteiger partial charge in [0.15, 0.2) is 0 Å². The van der Waals surface area contributed by atoms with Gasteiger partial charge in [-0.15, -0.1) is 0 Å². The number of nitrogens with zero attached hydrogens (tertiary/aromatic N) is 2. The van der Waals surface area contributed by atoms with Crippen LogP contribution in [0.1, 0.15) is 5.56 Å². The topological polar surface area (TPSA) is 95.0 Å². The Morgan fingerprint density at radius 3 is 2.19 bits per heavy atom. The minimum absolute atomic E-state index is 0.115. The summed E-state index contributed by atoms with van der Waals surface area (Å²) in [5, 5.41) is 8.88. The van der Waals surface area contributed by atoms with Crippen molar-refractivity contribution in [1.82, 2.24) is 9.21 Å². The van der Waals surface area contributed by atoms with E-state index < -0.39 is 28.4 Å². The lowest BCUT2D eigenvalue weighted by Crippen LogP contribution is -2.42. The Balaban J connectivity index is 2.82. The van der Waals surface area contributed by atoms with Crippen LogP contribution in [0.4, 0.5) is 0 Å². The molecule has 0 fully saturated rings. The first-order valence-corrected chi connectivity index (χ1v) is 8.00. The summed E-state index contributed by atoms with van der Waals surface area (Å²) in [6, 6.07) is 8.90. The molecule has 0 atom stereocenters. The molecule has 0 radical (unpaired) electrons. The molecule has 8 heteroatoms. The van der Waals surface area contributed by atoms with E-state index in [4.69, 9.17) is 5.11 Å². The maximum Gasteiger partial charge on any atom is 0.323 e. The molecular weight excluding hydrogens is 296 g/mol. The Morgan fingerprint density at radius 1 is 1.14 bits per heavy atom. The van der Waals surface area contributed by atoms with Crippen LogP contribution in [0.2, 0.25) is 0 Å². The highest BCUT2D eigenvalue weighted by molar-refractivity contribution is 7.88. The average molecular weight is 314 g/mol. The number of amides is 1. The van der Waals surface area contributed by atoms with E-state index in [0.29, 0.717) is 0 Å². The van der Waals surface area contributed by atoms with Gasteiger partial charge in [-0.3, -0.25) is 9.59 Å². The molecule has 0 aliphatic rings. The van der Waals surface area contributed by atoms with Gasteiger partial charge < -0.3 is 10.0 Å². The number of rotatable bonds is 7. The lowest BCUT2D eigenvalue weighted by atomic mass is 10.2. The molecule has 0 bridgehead atoms. The lowest BCUT2D eigenvalue weighted by Gasteiger charge is -2.23. The summed E-state index contributed by atoms with van der Waals surface area (Å²) in [6.07, 6.45) is 0.985. The van der Waals surface area contributed by atoms with Crippen molar-refractivity contribution in [3.8, 4) is 0 Å². The molecule has 1 amide bonds. The summed E-state index contributed by atoms with van der Waals surface area (Å²) in [5.74, 6) is -1.71. The van der Waals surface area contributed by atoms with E-state index in [2.05, 4.69) is 0 Å². The summed E-state index contributed by atoms with van der Waals surface area (Å²) < 4.78 is 23.5. The van der Waals surface area contributed by atoms with Gasteiger partial charge in [-0.1, -0.05) is 30.3 Å². The lowest BCUT2D eigenvalue weighted by molar-refractivity contribution is -0.144. The zero-order chi connectivity index (χ0) is 16.0. The summed E-state index contributed by atoms with van der Waals surface area (Å²) in [6.45, 7) is -0.756. The fourth-order valence-electron chi connectivity index (χ4n) is 1.61. The second-order valence-electron chi connectivity index (χ2n) is 4.65. The molecule has 116 valence electrons. The predicted molar refractivity (Wildman–Crippen MR) is 77.0 cm³/mol. The van der Waals surface area contributed by atoms with Crippen LogP contribution in [0.3, 0.4) is 0 Å². The summed E-state index contributed by atoms with van der Waals surface area (Å²) in [5.41, 5.74) is 0.772. The van der Waals surface area contributed by atoms with Crippen LogP contribution in [0.25, 0.3) is 0 Å². The Hall–Kier alpha value is -1.93. The third-order valence-corrected chi connectivity index (χ3v) is 4.08. The highest BCUT2D eigenvalue weighted by Crippen LogP contribution is 2.06. The van der Waals surface area contributed by atoms with Gasteiger partial charge in [0.25, 0.3) is 0 Å². The molecule has 21 heavy (non-hydrogen) atoms. The first-order valence-electron chi connectivity index (χ1n) is 6.15. The normalized spacial score (nSPS) is 11.4. The van der Waals surface area contributed by atoms with E-state index >= 15 is 0 Å². The SMILES string of the molecule is CN(CC(=O)N(CC(=O)O)Cc1ccccc1)S(C)(=O)=O. The highest BCUT2D eigenvalue weighted by atomic mass is 32.2. The standard InChI is InChI=1S/C13H18N2O5S/c1-14(21(2,19)20)9-12(16)15(10-13(17)18)8-11-6-4-3-5-7-11/h3-7H,8-10H2,1-2H3,(H,17,18). The van der Waals surface area contributed by atoms with E-state index in [9.17, 15) is 18.0 Å². The molecule has 1 rings (SSSR count). The van der Waals surface area contributed by atoms with E-state index in [1.54, 1.807) is 24.3 Å². The number of benzene rings is 1. The Bertz CT molecular complexity index is 600. The molecule has 0 heterocycles. The minimum Gasteiger partial charge on any atom is -0.480 e. The van der Waals surface area contributed by atoms with Crippen molar-refractivity contribution in [3.05, 3.63) is 35.9 Å². The van der Waals surface area contributed by atoms with Crippen molar-refractivity contribution >= 4 is 21.9 Å². The molecule has 0 aliphatic carbocycles. The molecule has 1 N–H and O–H groups in total. The third-order valence-electron chi connectivity index (χ3n) is 2.82. The molecule has 1 aromatic rings. The van der Waals surface area contributed by atoms with Crippen molar-refractivity contribution in [1.29, 1.82) is 0 Å². The highest BCUT2D eigenvalue weighted by Gasteiger charge is 2.22. The van der Waals surface area contributed by atoms with Crippen molar-refractivity contribution in [3.63, 3.8) is 0 Å². The first kappa shape index (κ1) is 17.1. The first-order chi connectivity index (χ1) is 9.70. The maximum atomic E-state index is 12.1. The molecule has 0 unspecified atom stereocenters. The van der Waals surface area contributed by atoms with Crippen molar-refractivity contribution in [2.24, 2.45) is 0 Å². The fraction of sp³-hybridized carbons (Fsp3) is 0.385. The number of carbonyl (C=O) groups is 2. The zero-order valence-corrected chi connectivity index (χ0v) is 12.7. The minimum atomic E-state index is -3.49. The Labute approximate surface area is 123 Å². The quantitative estimate of drug-likeness (QED) is 0.764.